The topological polar surface area (TPSA) is 78.6 Å². The molecule has 0 radical (unpaired) electrons. The van der Waals surface area contributed by atoms with Crippen molar-refractivity contribution >= 4 is 10.0 Å². The van der Waals surface area contributed by atoms with E-state index < -0.39 is 10.0 Å². The monoisotopic (exact) mass is 397 g/mol. The maximum absolute atomic E-state index is 12.2. The zero-order valence-electron chi connectivity index (χ0n) is 15.9. The predicted molar refractivity (Wildman–Crippen MR) is 109 cm³/mol. The Morgan fingerprint density at radius 2 is 1.25 bits per heavy atom. The van der Waals surface area contributed by atoms with Gasteiger partial charge in [-0.3, -0.25) is 0 Å². The van der Waals surface area contributed by atoms with Gasteiger partial charge in [-0.2, -0.15) is 0 Å². The van der Waals surface area contributed by atoms with Gasteiger partial charge in [0.15, 0.2) is 0 Å². The second kappa shape index (κ2) is 8.46. The van der Waals surface area contributed by atoms with E-state index in [-0.39, 0.29) is 4.90 Å². The van der Waals surface area contributed by atoms with Crippen LogP contribution in [0, 0.1) is 0 Å². The number of ether oxygens (including phenoxy) is 2. The van der Waals surface area contributed by atoms with Crippen LogP contribution in [0.1, 0.15) is 22.3 Å². The second-order valence-electron chi connectivity index (χ2n) is 6.49. The summed E-state index contributed by atoms with van der Waals surface area (Å²) in [7, 11) is -0.605. The molecule has 0 heterocycles. The number of rotatable bonds is 7. The van der Waals surface area contributed by atoms with Gasteiger partial charge in [0.05, 0.1) is 19.1 Å². The summed E-state index contributed by atoms with van der Waals surface area (Å²) in [6.45, 7) is 0. The van der Waals surface area contributed by atoms with Crippen molar-refractivity contribution in [3.63, 3.8) is 0 Å². The Labute approximate surface area is 165 Å². The molecule has 5 nitrogen and oxygen atoms in total. The number of sulfonamides is 1. The number of nitrogens with two attached hydrogens (primary N) is 1. The minimum atomic E-state index is -3.84. The van der Waals surface area contributed by atoms with Gasteiger partial charge in [0.1, 0.15) is 11.5 Å². The predicted octanol–water partition coefficient (Wildman–Crippen LogP) is 3.53. The van der Waals surface area contributed by atoms with Gasteiger partial charge in [0.2, 0.25) is 10.0 Å². The molecule has 6 heteroatoms. The van der Waals surface area contributed by atoms with Crippen molar-refractivity contribution in [1.82, 2.24) is 0 Å². The van der Waals surface area contributed by atoms with Crippen LogP contribution in [0.5, 0.6) is 11.5 Å². The van der Waals surface area contributed by atoms with Gasteiger partial charge in [0, 0.05) is 0 Å². The molecule has 0 atom stereocenters. The Bertz CT molecular complexity index is 1040. The van der Waals surface area contributed by atoms with Crippen LogP contribution in [0.4, 0.5) is 0 Å². The van der Waals surface area contributed by atoms with Gasteiger partial charge in [-0.15, -0.1) is 0 Å². The third-order valence-electron chi connectivity index (χ3n) is 4.63. The Morgan fingerprint density at radius 1 is 0.750 bits per heavy atom. The lowest BCUT2D eigenvalue weighted by atomic mass is 9.95. The fourth-order valence-corrected chi connectivity index (χ4v) is 3.97. The summed E-state index contributed by atoms with van der Waals surface area (Å²) in [5.41, 5.74) is 3.68. The van der Waals surface area contributed by atoms with Crippen LogP contribution in [0.25, 0.3) is 0 Å². The first-order valence-electron chi connectivity index (χ1n) is 8.80. The van der Waals surface area contributed by atoms with Gasteiger partial charge < -0.3 is 9.47 Å². The molecular weight excluding hydrogens is 374 g/mol. The van der Waals surface area contributed by atoms with E-state index >= 15 is 0 Å². The van der Waals surface area contributed by atoms with Crippen molar-refractivity contribution in [1.29, 1.82) is 0 Å². The Hall–Kier alpha value is -2.83. The largest absolute Gasteiger partial charge is 0.497 e. The van der Waals surface area contributed by atoms with Crippen LogP contribution >= 0.6 is 0 Å². The van der Waals surface area contributed by atoms with E-state index in [4.69, 9.17) is 14.6 Å². The molecule has 0 saturated carbocycles. The third-order valence-corrected chi connectivity index (χ3v) is 5.63. The zero-order chi connectivity index (χ0) is 20.1. The highest BCUT2D eigenvalue weighted by Gasteiger charge is 2.18. The van der Waals surface area contributed by atoms with E-state index in [1.165, 1.54) is 0 Å². The van der Waals surface area contributed by atoms with Gasteiger partial charge in [0.25, 0.3) is 0 Å². The number of benzene rings is 3. The molecule has 0 saturated heterocycles. The SMILES string of the molecule is COc1ccc(Cc2cccc(S(N)(=O)=O)c2Cc2ccc(OC)cc2)cc1. The normalized spacial score (nSPS) is 11.2. The number of hydrogen-bond donors (Lipinski definition) is 1. The molecule has 0 spiro atoms. The smallest absolute Gasteiger partial charge is 0.238 e. The van der Waals surface area contributed by atoms with E-state index in [2.05, 4.69) is 0 Å². The first-order valence-corrected chi connectivity index (χ1v) is 10.3. The van der Waals surface area contributed by atoms with Crippen LogP contribution in [0.15, 0.2) is 71.6 Å². The molecule has 0 aromatic heterocycles. The highest BCUT2D eigenvalue weighted by atomic mass is 32.2. The van der Waals surface area contributed by atoms with E-state index in [1.807, 2.05) is 54.6 Å². The molecule has 3 aromatic rings. The van der Waals surface area contributed by atoms with E-state index in [0.29, 0.717) is 18.4 Å². The summed E-state index contributed by atoms with van der Waals surface area (Å²) in [4.78, 5) is 0.161. The highest BCUT2D eigenvalue weighted by molar-refractivity contribution is 7.89. The molecule has 0 amide bonds. The summed E-state index contributed by atoms with van der Waals surface area (Å²) in [5.74, 6) is 1.53. The molecule has 2 N–H and O–H groups in total. The quantitative estimate of drug-likeness (QED) is 0.661. The Balaban J connectivity index is 2.00. The molecule has 146 valence electrons. The number of primary sulfonamides is 1. The van der Waals surface area contributed by atoms with Crippen molar-refractivity contribution < 1.29 is 17.9 Å². The standard InChI is InChI=1S/C22H23NO4S/c1-26-19-10-6-16(7-11-19)14-18-4-3-5-22(28(23,24)25)21(18)15-17-8-12-20(27-2)13-9-17/h3-13H,14-15H2,1-2H3,(H2,23,24,25). The Kier molecular flexibility index (Phi) is 6.02. The molecule has 0 unspecified atom stereocenters. The molecule has 0 fully saturated rings. The Morgan fingerprint density at radius 3 is 1.71 bits per heavy atom. The van der Waals surface area contributed by atoms with Crippen LogP contribution < -0.4 is 14.6 Å². The van der Waals surface area contributed by atoms with Crippen molar-refractivity contribution in [3.05, 3.63) is 89.0 Å². The molecule has 0 bridgehead atoms. The average molecular weight is 397 g/mol. The fourth-order valence-electron chi connectivity index (χ4n) is 3.15. The van der Waals surface area contributed by atoms with Crippen molar-refractivity contribution in [2.75, 3.05) is 14.2 Å². The average Bonchev–Trinajstić information content (AvgIpc) is 2.69. The second-order valence-corrected chi connectivity index (χ2v) is 8.02. The van der Waals surface area contributed by atoms with Crippen molar-refractivity contribution in [2.45, 2.75) is 17.7 Å². The highest BCUT2D eigenvalue weighted by Crippen LogP contribution is 2.26. The lowest BCUT2D eigenvalue weighted by Gasteiger charge is -2.15. The van der Waals surface area contributed by atoms with Crippen molar-refractivity contribution in [3.8, 4) is 11.5 Å². The maximum Gasteiger partial charge on any atom is 0.238 e. The lowest BCUT2D eigenvalue weighted by Crippen LogP contribution is -2.16. The summed E-state index contributed by atoms with van der Waals surface area (Å²) < 4.78 is 34.7. The number of hydrogen-bond acceptors (Lipinski definition) is 4. The molecule has 28 heavy (non-hydrogen) atoms. The summed E-state index contributed by atoms with van der Waals surface area (Å²) in [5, 5.41) is 5.49. The van der Waals surface area contributed by atoms with Gasteiger partial charge in [-0.25, -0.2) is 13.6 Å². The van der Waals surface area contributed by atoms with E-state index in [1.54, 1.807) is 26.4 Å². The fraction of sp³-hybridized carbons (Fsp3) is 0.182. The number of methoxy groups -OCH3 is 2. The van der Waals surface area contributed by atoms with Crippen molar-refractivity contribution in [2.24, 2.45) is 5.14 Å². The lowest BCUT2D eigenvalue weighted by molar-refractivity contribution is 0.414. The molecule has 3 aromatic carbocycles. The third kappa shape index (κ3) is 4.71. The molecule has 3 rings (SSSR count). The summed E-state index contributed by atoms with van der Waals surface area (Å²) in [6.07, 6.45) is 1.06. The van der Waals surface area contributed by atoms with Crippen LogP contribution in [0.2, 0.25) is 0 Å². The summed E-state index contributed by atoms with van der Waals surface area (Å²) in [6, 6.07) is 20.5. The maximum atomic E-state index is 12.2. The molecular formula is C22H23NO4S. The van der Waals surface area contributed by atoms with Crippen LogP contribution in [0.3, 0.4) is 0 Å². The molecule has 0 aliphatic rings. The minimum absolute atomic E-state index is 0.161. The van der Waals surface area contributed by atoms with Crippen LogP contribution in [-0.4, -0.2) is 22.6 Å². The minimum Gasteiger partial charge on any atom is -0.497 e. The van der Waals surface area contributed by atoms with Gasteiger partial charge >= 0.3 is 0 Å². The summed E-state index contributed by atoms with van der Waals surface area (Å²) >= 11 is 0. The molecule has 0 aliphatic carbocycles. The van der Waals surface area contributed by atoms with Gasteiger partial charge in [-0.05, 0) is 65.4 Å². The van der Waals surface area contributed by atoms with E-state index in [0.717, 1.165) is 28.2 Å². The first kappa shape index (κ1) is 19.9. The molecule has 0 aliphatic heterocycles. The van der Waals surface area contributed by atoms with E-state index in [9.17, 15) is 8.42 Å². The zero-order valence-corrected chi connectivity index (χ0v) is 16.7. The van der Waals surface area contributed by atoms with Crippen LogP contribution in [-0.2, 0) is 22.9 Å². The van der Waals surface area contributed by atoms with Gasteiger partial charge in [-0.1, -0.05) is 36.4 Å². The first-order chi connectivity index (χ1) is 13.4.